The van der Waals surface area contributed by atoms with Gasteiger partial charge in [-0.25, -0.2) is 4.39 Å². The van der Waals surface area contributed by atoms with Gasteiger partial charge < -0.3 is 4.98 Å². The maximum atomic E-state index is 13.2. The van der Waals surface area contributed by atoms with Crippen LogP contribution >= 0.6 is 27.5 Å². The van der Waals surface area contributed by atoms with Crippen LogP contribution in [0.4, 0.5) is 4.39 Å². The Balaban J connectivity index is 2.12. The quantitative estimate of drug-likeness (QED) is 0.650. The van der Waals surface area contributed by atoms with Gasteiger partial charge in [-0.1, -0.05) is 11.6 Å². The van der Waals surface area contributed by atoms with E-state index < -0.39 is 5.82 Å². The molecule has 0 aliphatic carbocycles. The van der Waals surface area contributed by atoms with Crippen LogP contribution in [-0.2, 0) is 0 Å². The smallest absolute Gasteiger partial charge is 0.195 e. The van der Waals surface area contributed by atoms with Crippen molar-refractivity contribution in [2.45, 2.75) is 0 Å². The number of hydrogen-bond acceptors (Lipinski definition) is 1. The average molecular weight is 353 g/mol. The minimum absolute atomic E-state index is 0.181. The Kier molecular flexibility index (Phi) is 3.36. The van der Waals surface area contributed by atoms with Crippen molar-refractivity contribution in [3.05, 3.63) is 69.0 Å². The highest BCUT2D eigenvalue weighted by Crippen LogP contribution is 2.26. The van der Waals surface area contributed by atoms with Crippen LogP contribution in [0.25, 0.3) is 10.9 Å². The number of aromatic amines is 1. The molecule has 5 heteroatoms. The number of aromatic nitrogens is 1. The van der Waals surface area contributed by atoms with Gasteiger partial charge >= 0.3 is 0 Å². The molecule has 1 heterocycles. The molecule has 3 rings (SSSR count). The van der Waals surface area contributed by atoms with Gasteiger partial charge in [0.25, 0.3) is 0 Å². The molecule has 0 unspecified atom stereocenters. The van der Waals surface area contributed by atoms with E-state index in [1.54, 1.807) is 18.3 Å². The summed E-state index contributed by atoms with van der Waals surface area (Å²) in [6.45, 7) is 0. The third-order valence-corrected chi connectivity index (χ3v) is 3.91. The summed E-state index contributed by atoms with van der Waals surface area (Å²) >= 11 is 9.04. The zero-order chi connectivity index (χ0) is 14.3. The van der Waals surface area contributed by atoms with Gasteiger partial charge in [0.15, 0.2) is 5.78 Å². The van der Waals surface area contributed by atoms with Crippen molar-refractivity contribution in [3.8, 4) is 0 Å². The maximum absolute atomic E-state index is 13.2. The van der Waals surface area contributed by atoms with E-state index in [0.29, 0.717) is 16.1 Å². The largest absolute Gasteiger partial charge is 0.360 e. The number of carbonyl (C=O) groups excluding carboxylic acids is 1. The van der Waals surface area contributed by atoms with Crippen LogP contribution in [0.1, 0.15) is 15.9 Å². The molecule has 0 atom stereocenters. The first-order valence-electron chi connectivity index (χ1n) is 5.82. The number of nitrogens with one attached hydrogen (secondary N) is 1. The molecule has 0 bridgehead atoms. The molecule has 0 saturated carbocycles. The zero-order valence-electron chi connectivity index (χ0n) is 10.1. The number of ketones is 1. The molecule has 0 aliphatic rings. The Labute approximate surface area is 127 Å². The van der Waals surface area contributed by atoms with Crippen LogP contribution < -0.4 is 0 Å². The van der Waals surface area contributed by atoms with E-state index in [1.165, 1.54) is 18.2 Å². The fourth-order valence-electron chi connectivity index (χ4n) is 2.07. The normalized spacial score (nSPS) is 10.9. The predicted octanol–water partition coefficient (Wildman–Crippen LogP) is 4.95. The number of carbonyl (C=O) groups is 1. The van der Waals surface area contributed by atoms with Gasteiger partial charge in [-0.15, -0.1) is 0 Å². The van der Waals surface area contributed by atoms with Crippen molar-refractivity contribution in [3.63, 3.8) is 0 Å². The maximum Gasteiger partial charge on any atom is 0.195 e. The monoisotopic (exact) mass is 351 g/mol. The molecule has 2 nitrogen and oxygen atoms in total. The second-order valence-corrected chi connectivity index (χ2v) is 5.64. The van der Waals surface area contributed by atoms with E-state index in [1.807, 2.05) is 6.07 Å². The Morgan fingerprint density at radius 2 is 2.00 bits per heavy atom. The van der Waals surface area contributed by atoms with Gasteiger partial charge in [0.1, 0.15) is 5.82 Å². The number of hydrogen-bond donors (Lipinski definition) is 1. The first kappa shape index (κ1) is 13.3. The first-order chi connectivity index (χ1) is 9.56. The summed E-state index contributed by atoms with van der Waals surface area (Å²) in [6.07, 6.45) is 1.64. The second kappa shape index (κ2) is 5.04. The number of halogens is 3. The molecule has 1 N–H and O–H groups in total. The zero-order valence-corrected chi connectivity index (χ0v) is 12.4. The van der Waals surface area contributed by atoms with Crippen molar-refractivity contribution in [1.82, 2.24) is 4.98 Å². The summed E-state index contributed by atoms with van der Waals surface area (Å²) in [4.78, 5) is 15.5. The number of H-pyrrole nitrogens is 1. The van der Waals surface area contributed by atoms with Gasteiger partial charge in [0, 0.05) is 33.2 Å². The summed E-state index contributed by atoms with van der Waals surface area (Å²) < 4.78 is 13.5. The van der Waals surface area contributed by atoms with Gasteiger partial charge in [-0.2, -0.15) is 0 Å². The Morgan fingerprint density at radius 3 is 2.75 bits per heavy atom. The minimum atomic E-state index is -0.400. The van der Waals surface area contributed by atoms with E-state index in [2.05, 4.69) is 20.9 Å². The molecule has 0 aliphatic heterocycles. The average Bonchev–Trinajstić information content (AvgIpc) is 2.84. The van der Waals surface area contributed by atoms with Gasteiger partial charge in [-0.3, -0.25) is 4.79 Å². The van der Waals surface area contributed by atoms with Gasteiger partial charge in [-0.05, 0) is 52.3 Å². The van der Waals surface area contributed by atoms with Crippen molar-refractivity contribution in [1.29, 1.82) is 0 Å². The summed E-state index contributed by atoms with van der Waals surface area (Å²) in [5.41, 5.74) is 1.76. The van der Waals surface area contributed by atoms with Crippen molar-refractivity contribution < 1.29 is 9.18 Å². The van der Waals surface area contributed by atoms with Crippen LogP contribution in [0.2, 0.25) is 5.02 Å². The Morgan fingerprint density at radius 1 is 1.20 bits per heavy atom. The molecule has 0 fully saturated rings. The molecule has 20 heavy (non-hydrogen) atoms. The molecule has 0 saturated heterocycles. The lowest BCUT2D eigenvalue weighted by Gasteiger charge is -2.02. The lowest BCUT2D eigenvalue weighted by atomic mass is 10.0. The summed E-state index contributed by atoms with van der Waals surface area (Å²) in [6, 6.07) is 9.50. The molecule has 0 amide bonds. The molecule has 3 aromatic rings. The summed E-state index contributed by atoms with van der Waals surface area (Å²) in [5.74, 6) is -0.581. The number of fused-ring (bicyclic) bond motifs is 1. The Hall–Kier alpha value is -1.65. The third-order valence-electron chi connectivity index (χ3n) is 3.07. The number of benzene rings is 2. The van der Waals surface area contributed by atoms with E-state index in [4.69, 9.17) is 11.6 Å². The summed E-state index contributed by atoms with van der Waals surface area (Å²) in [7, 11) is 0. The topological polar surface area (TPSA) is 32.9 Å². The third kappa shape index (κ3) is 2.25. The fraction of sp³-hybridized carbons (Fsp3) is 0. The fourth-order valence-corrected chi connectivity index (χ4v) is 2.62. The molecule has 100 valence electrons. The summed E-state index contributed by atoms with van der Waals surface area (Å²) in [5, 5.41) is 1.31. The molecular weight excluding hydrogens is 345 g/mol. The SMILES string of the molecule is O=C(c1ccc(F)c(Br)c1)c1c[nH]c2ccc(Cl)cc12. The lowest BCUT2D eigenvalue weighted by molar-refractivity contribution is 0.104. The second-order valence-electron chi connectivity index (χ2n) is 4.35. The first-order valence-corrected chi connectivity index (χ1v) is 7.00. The molecule has 0 spiro atoms. The van der Waals surface area contributed by atoms with E-state index in [-0.39, 0.29) is 10.3 Å². The van der Waals surface area contributed by atoms with E-state index in [9.17, 15) is 9.18 Å². The highest BCUT2D eigenvalue weighted by molar-refractivity contribution is 9.10. The Bertz CT molecular complexity index is 828. The molecule has 0 radical (unpaired) electrons. The van der Waals surface area contributed by atoms with Crippen molar-refractivity contribution in [2.24, 2.45) is 0 Å². The number of rotatable bonds is 2. The van der Waals surface area contributed by atoms with Crippen molar-refractivity contribution >= 4 is 44.2 Å². The van der Waals surface area contributed by atoms with Crippen molar-refractivity contribution in [2.75, 3.05) is 0 Å². The van der Waals surface area contributed by atoms with Crippen LogP contribution in [-0.4, -0.2) is 10.8 Å². The van der Waals surface area contributed by atoms with Gasteiger partial charge in [0.05, 0.1) is 4.47 Å². The molecule has 2 aromatic carbocycles. The van der Waals surface area contributed by atoms with Crippen LogP contribution in [0.3, 0.4) is 0 Å². The van der Waals surface area contributed by atoms with Crippen LogP contribution in [0.5, 0.6) is 0 Å². The highest BCUT2D eigenvalue weighted by atomic mass is 79.9. The van der Waals surface area contributed by atoms with Gasteiger partial charge in [0.2, 0.25) is 0 Å². The van der Waals surface area contributed by atoms with Crippen LogP contribution in [0, 0.1) is 5.82 Å². The molecule has 1 aromatic heterocycles. The standard InChI is InChI=1S/C15H8BrClFNO/c16-12-5-8(1-3-13(12)18)15(20)11-7-19-14-4-2-9(17)6-10(11)14/h1-7,19H. The highest BCUT2D eigenvalue weighted by Gasteiger charge is 2.15. The minimum Gasteiger partial charge on any atom is -0.360 e. The van der Waals surface area contributed by atoms with Crippen LogP contribution in [0.15, 0.2) is 47.1 Å². The van der Waals surface area contributed by atoms with E-state index in [0.717, 1.165) is 10.9 Å². The lowest BCUT2D eigenvalue weighted by Crippen LogP contribution is -2.00. The molecular formula is C15H8BrClFNO. The van der Waals surface area contributed by atoms with E-state index >= 15 is 0 Å². The predicted molar refractivity (Wildman–Crippen MR) is 80.8 cm³/mol.